The highest BCUT2D eigenvalue weighted by molar-refractivity contribution is 14.1. The van der Waals surface area contributed by atoms with Crippen LogP contribution in [0.1, 0.15) is 12.8 Å². The fraction of sp³-hybridized carbons (Fsp3) is 0.333. The van der Waals surface area contributed by atoms with E-state index < -0.39 is 0 Å². The van der Waals surface area contributed by atoms with Crippen LogP contribution in [0.5, 0.6) is 0 Å². The van der Waals surface area contributed by atoms with Crippen molar-refractivity contribution in [2.45, 2.75) is 12.8 Å². The Bertz CT molecular complexity index is 747. The zero-order chi connectivity index (χ0) is 18.4. The minimum atomic E-state index is -0.338. The Labute approximate surface area is 165 Å². The lowest BCUT2D eigenvalue weighted by molar-refractivity contribution is -0.152. The molecule has 3 rings (SSSR count). The average molecular weight is 466 g/mol. The number of nitrogens with zero attached hydrogens (tertiary/aromatic N) is 3. The zero-order valence-electron chi connectivity index (χ0n) is 14.1. The van der Waals surface area contributed by atoms with Gasteiger partial charge in [0.2, 0.25) is 5.95 Å². The second-order valence-corrected chi connectivity index (χ2v) is 7.22. The Kier molecular flexibility index (Phi) is 6.37. The van der Waals surface area contributed by atoms with Gasteiger partial charge in [-0.05, 0) is 65.8 Å². The number of amides is 1. The topological polar surface area (TPSA) is 84.4 Å². The number of hydrogen-bond acceptors (Lipinski definition) is 6. The largest absolute Gasteiger partial charge is 0.455 e. The summed E-state index contributed by atoms with van der Waals surface area (Å²) in [5, 5.41) is 2.71. The number of rotatable bonds is 5. The second-order valence-electron chi connectivity index (χ2n) is 5.97. The summed E-state index contributed by atoms with van der Waals surface area (Å²) in [6, 6.07) is 9.18. The Hall–Kier alpha value is -2.23. The van der Waals surface area contributed by atoms with Crippen molar-refractivity contribution in [3.63, 3.8) is 0 Å². The predicted molar refractivity (Wildman–Crippen MR) is 106 cm³/mol. The van der Waals surface area contributed by atoms with Gasteiger partial charge in [0, 0.05) is 34.7 Å². The fourth-order valence-corrected chi connectivity index (χ4v) is 3.11. The van der Waals surface area contributed by atoms with Gasteiger partial charge in [0.15, 0.2) is 6.61 Å². The summed E-state index contributed by atoms with van der Waals surface area (Å²) in [4.78, 5) is 34.6. The number of nitrogens with one attached hydrogen (secondary N) is 1. The minimum absolute atomic E-state index is 0.193. The number of piperidine rings is 1. The normalized spacial score (nSPS) is 14.7. The van der Waals surface area contributed by atoms with Crippen LogP contribution in [-0.2, 0) is 14.3 Å². The molecular formula is C18H19IN4O3. The van der Waals surface area contributed by atoms with Gasteiger partial charge in [-0.1, -0.05) is 0 Å². The summed E-state index contributed by atoms with van der Waals surface area (Å²) in [7, 11) is 0. The van der Waals surface area contributed by atoms with Crippen LogP contribution in [0.25, 0.3) is 0 Å². The van der Waals surface area contributed by atoms with Gasteiger partial charge in [-0.2, -0.15) is 0 Å². The average Bonchev–Trinajstić information content (AvgIpc) is 2.69. The molecule has 2 heterocycles. The molecule has 0 spiro atoms. The quantitative estimate of drug-likeness (QED) is 0.539. The summed E-state index contributed by atoms with van der Waals surface area (Å²) in [5.74, 6) is -0.177. The van der Waals surface area contributed by atoms with Crippen LogP contribution in [0.3, 0.4) is 0 Å². The lowest BCUT2D eigenvalue weighted by Crippen LogP contribution is -2.38. The van der Waals surface area contributed by atoms with E-state index in [0.717, 1.165) is 3.57 Å². The Morgan fingerprint density at radius 1 is 1.15 bits per heavy atom. The molecule has 136 valence electrons. The van der Waals surface area contributed by atoms with Crippen molar-refractivity contribution in [1.29, 1.82) is 0 Å². The van der Waals surface area contributed by atoms with Gasteiger partial charge < -0.3 is 15.0 Å². The number of halogens is 1. The standard InChI is InChI=1S/C18H19IN4O3/c19-14-2-4-15(5-3-14)22-16(24)12-26-17(25)13-6-10-23(11-7-13)18-20-8-1-9-21-18/h1-5,8-9,13H,6-7,10-12H2,(H,22,24). The molecule has 1 aromatic carbocycles. The Balaban J connectivity index is 1.41. The monoisotopic (exact) mass is 466 g/mol. The molecule has 1 fully saturated rings. The van der Waals surface area contributed by atoms with Crippen molar-refractivity contribution in [2.75, 3.05) is 29.9 Å². The van der Waals surface area contributed by atoms with E-state index in [0.29, 0.717) is 37.6 Å². The van der Waals surface area contributed by atoms with Crippen molar-refractivity contribution in [3.8, 4) is 0 Å². The molecule has 7 nitrogen and oxygen atoms in total. The van der Waals surface area contributed by atoms with Crippen LogP contribution in [0, 0.1) is 9.49 Å². The molecule has 1 aliphatic rings. The van der Waals surface area contributed by atoms with Crippen molar-refractivity contribution >= 4 is 46.1 Å². The highest BCUT2D eigenvalue weighted by atomic mass is 127. The first-order valence-electron chi connectivity index (χ1n) is 8.36. The summed E-state index contributed by atoms with van der Waals surface area (Å²) in [5.41, 5.74) is 0.683. The van der Waals surface area contributed by atoms with Crippen molar-refractivity contribution in [3.05, 3.63) is 46.3 Å². The molecular weight excluding hydrogens is 447 g/mol. The SMILES string of the molecule is O=C(COC(=O)C1CCN(c2ncccn2)CC1)Nc1ccc(I)cc1. The van der Waals surface area contributed by atoms with Gasteiger partial charge in [0.05, 0.1) is 5.92 Å². The van der Waals surface area contributed by atoms with Crippen LogP contribution in [0.2, 0.25) is 0 Å². The maximum absolute atomic E-state index is 12.2. The van der Waals surface area contributed by atoms with Crippen LogP contribution < -0.4 is 10.2 Å². The lowest BCUT2D eigenvalue weighted by Gasteiger charge is -2.30. The van der Waals surface area contributed by atoms with Crippen molar-refractivity contribution in [1.82, 2.24) is 9.97 Å². The van der Waals surface area contributed by atoms with Gasteiger partial charge in [0.25, 0.3) is 5.91 Å². The molecule has 1 aliphatic heterocycles. The van der Waals surface area contributed by atoms with E-state index in [2.05, 4.69) is 37.9 Å². The number of hydrogen-bond donors (Lipinski definition) is 1. The number of carbonyl (C=O) groups excluding carboxylic acids is 2. The number of aromatic nitrogens is 2. The molecule has 2 aromatic rings. The molecule has 0 atom stereocenters. The second kappa shape index (κ2) is 8.93. The van der Waals surface area contributed by atoms with E-state index in [1.807, 2.05) is 29.2 Å². The Morgan fingerprint density at radius 2 is 1.81 bits per heavy atom. The van der Waals surface area contributed by atoms with Crippen LogP contribution in [0.4, 0.5) is 11.6 Å². The highest BCUT2D eigenvalue weighted by Gasteiger charge is 2.27. The third-order valence-corrected chi connectivity index (χ3v) is 4.86. The maximum atomic E-state index is 12.2. The summed E-state index contributed by atoms with van der Waals surface area (Å²) < 4.78 is 6.26. The number of benzene rings is 1. The summed E-state index contributed by atoms with van der Waals surface area (Å²) in [6.45, 7) is 1.12. The van der Waals surface area contributed by atoms with Gasteiger partial charge in [-0.3, -0.25) is 9.59 Å². The van der Waals surface area contributed by atoms with E-state index in [4.69, 9.17) is 4.74 Å². The van der Waals surface area contributed by atoms with Crippen molar-refractivity contribution in [2.24, 2.45) is 5.92 Å². The number of anilines is 2. The van der Waals surface area contributed by atoms with E-state index in [1.165, 1.54) is 0 Å². The molecule has 0 saturated carbocycles. The summed E-state index contributed by atoms with van der Waals surface area (Å²) >= 11 is 2.19. The zero-order valence-corrected chi connectivity index (χ0v) is 16.3. The molecule has 1 aromatic heterocycles. The van der Waals surface area contributed by atoms with E-state index in [9.17, 15) is 9.59 Å². The van der Waals surface area contributed by atoms with E-state index in [1.54, 1.807) is 18.5 Å². The first kappa shape index (κ1) is 18.6. The predicted octanol–water partition coefficient (Wildman–Crippen LogP) is 2.48. The van der Waals surface area contributed by atoms with Crippen LogP contribution in [0.15, 0.2) is 42.7 Å². The first-order valence-corrected chi connectivity index (χ1v) is 9.44. The van der Waals surface area contributed by atoms with Crippen molar-refractivity contribution < 1.29 is 14.3 Å². The minimum Gasteiger partial charge on any atom is -0.455 e. The molecule has 1 saturated heterocycles. The van der Waals surface area contributed by atoms with Gasteiger partial charge >= 0.3 is 5.97 Å². The van der Waals surface area contributed by atoms with E-state index >= 15 is 0 Å². The number of carbonyl (C=O) groups is 2. The molecule has 0 radical (unpaired) electrons. The smallest absolute Gasteiger partial charge is 0.309 e. The third-order valence-electron chi connectivity index (χ3n) is 4.14. The van der Waals surface area contributed by atoms with Gasteiger partial charge in [0.1, 0.15) is 0 Å². The van der Waals surface area contributed by atoms with Gasteiger partial charge in [-0.15, -0.1) is 0 Å². The summed E-state index contributed by atoms with van der Waals surface area (Å²) in [6.07, 6.45) is 4.73. The molecule has 0 aliphatic carbocycles. The van der Waals surface area contributed by atoms with Crippen LogP contribution in [-0.4, -0.2) is 41.5 Å². The van der Waals surface area contributed by atoms with Gasteiger partial charge in [-0.25, -0.2) is 9.97 Å². The lowest BCUT2D eigenvalue weighted by atomic mass is 9.97. The first-order chi connectivity index (χ1) is 12.6. The molecule has 1 amide bonds. The molecule has 0 bridgehead atoms. The molecule has 1 N–H and O–H groups in total. The number of esters is 1. The maximum Gasteiger partial charge on any atom is 0.309 e. The number of ether oxygens (including phenoxy) is 1. The Morgan fingerprint density at radius 3 is 2.46 bits per heavy atom. The third kappa shape index (κ3) is 5.13. The molecule has 0 unspecified atom stereocenters. The van der Waals surface area contributed by atoms with E-state index in [-0.39, 0.29) is 24.4 Å². The fourth-order valence-electron chi connectivity index (χ4n) is 2.75. The molecule has 8 heteroatoms. The van der Waals surface area contributed by atoms with Crippen LogP contribution >= 0.6 is 22.6 Å². The highest BCUT2D eigenvalue weighted by Crippen LogP contribution is 2.21. The molecule has 26 heavy (non-hydrogen) atoms.